The minimum Gasteiger partial charge on any atom is -0.381 e. The summed E-state index contributed by atoms with van der Waals surface area (Å²) in [6.07, 6.45) is -2.43. The van der Waals surface area contributed by atoms with E-state index in [0.29, 0.717) is 13.2 Å². The van der Waals surface area contributed by atoms with E-state index in [1.165, 1.54) is 12.1 Å². The quantitative estimate of drug-likeness (QED) is 0.773. The molecule has 1 N–H and O–H groups in total. The Balaban J connectivity index is 2.07. The molecule has 0 amide bonds. The molecule has 5 heteroatoms. The maximum absolute atomic E-state index is 12.5. The highest BCUT2D eigenvalue weighted by Crippen LogP contribution is 2.26. The zero-order valence-corrected chi connectivity index (χ0v) is 13.2. The molecule has 0 aliphatic carbocycles. The summed E-state index contributed by atoms with van der Waals surface area (Å²) in [6.45, 7) is 1.06. The molecule has 0 aliphatic rings. The number of nitrogens with one attached hydrogen (secondary N) is 1. The van der Waals surface area contributed by atoms with E-state index in [2.05, 4.69) is 21.2 Å². The highest BCUT2D eigenvalue weighted by atomic mass is 79.9. The van der Waals surface area contributed by atoms with Crippen molar-refractivity contribution in [3.8, 4) is 0 Å². The summed E-state index contributed by atoms with van der Waals surface area (Å²) in [5.74, 6) is 0. The Morgan fingerprint density at radius 1 is 1.14 bits per heavy atom. The standard InChI is InChI=1S/C16H16BrF2NO/c1-21-10-13-14(17)3-2-4-15(13)20-9-11-5-7-12(8-6-11)16(18)19/h2-8,16,20H,9-10H2,1H3. The first-order valence-corrected chi connectivity index (χ1v) is 7.28. The molecular formula is C16H16BrF2NO. The van der Waals surface area contributed by atoms with Crippen LogP contribution < -0.4 is 5.32 Å². The van der Waals surface area contributed by atoms with Gasteiger partial charge in [-0.05, 0) is 17.7 Å². The smallest absolute Gasteiger partial charge is 0.263 e. The molecule has 0 aliphatic heterocycles. The summed E-state index contributed by atoms with van der Waals surface area (Å²) in [5.41, 5.74) is 2.98. The van der Waals surface area contributed by atoms with Crippen molar-refractivity contribution in [2.75, 3.05) is 12.4 Å². The predicted octanol–water partition coefficient (Wildman–Crippen LogP) is 5.15. The monoisotopic (exact) mass is 355 g/mol. The molecule has 0 saturated heterocycles. The molecule has 0 unspecified atom stereocenters. The normalized spacial score (nSPS) is 10.9. The topological polar surface area (TPSA) is 21.3 Å². The first kappa shape index (κ1) is 15.9. The average molecular weight is 356 g/mol. The highest BCUT2D eigenvalue weighted by molar-refractivity contribution is 9.10. The van der Waals surface area contributed by atoms with Gasteiger partial charge in [0.25, 0.3) is 6.43 Å². The van der Waals surface area contributed by atoms with Crippen LogP contribution in [0.2, 0.25) is 0 Å². The van der Waals surface area contributed by atoms with Gasteiger partial charge in [-0.15, -0.1) is 0 Å². The van der Waals surface area contributed by atoms with E-state index in [-0.39, 0.29) is 5.56 Å². The van der Waals surface area contributed by atoms with Crippen molar-refractivity contribution < 1.29 is 13.5 Å². The van der Waals surface area contributed by atoms with Gasteiger partial charge in [0.15, 0.2) is 0 Å². The maximum Gasteiger partial charge on any atom is 0.263 e. The second kappa shape index (κ2) is 7.52. The van der Waals surface area contributed by atoms with Crippen LogP contribution in [0.1, 0.15) is 23.1 Å². The van der Waals surface area contributed by atoms with Crippen LogP contribution >= 0.6 is 15.9 Å². The van der Waals surface area contributed by atoms with E-state index < -0.39 is 6.43 Å². The van der Waals surface area contributed by atoms with E-state index >= 15 is 0 Å². The fourth-order valence-corrected chi connectivity index (χ4v) is 2.47. The number of alkyl halides is 2. The van der Waals surface area contributed by atoms with E-state index in [0.717, 1.165) is 21.3 Å². The molecule has 0 saturated carbocycles. The average Bonchev–Trinajstić information content (AvgIpc) is 2.48. The van der Waals surface area contributed by atoms with Crippen molar-refractivity contribution in [3.05, 3.63) is 63.6 Å². The summed E-state index contributed by atoms with van der Waals surface area (Å²) in [6, 6.07) is 12.2. The fourth-order valence-electron chi connectivity index (χ4n) is 1.99. The Labute approximate surface area is 131 Å². The van der Waals surface area contributed by atoms with Crippen molar-refractivity contribution in [3.63, 3.8) is 0 Å². The lowest BCUT2D eigenvalue weighted by Gasteiger charge is -2.13. The van der Waals surface area contributed by atoms with Gasteiger partial charge in [0.2, 0.25) is 0 Å². The molecular weight excluding hydrogens is 340 g/mol. The van der Waals surface area contributed by atoms with Crippen LogP contribution in [0.4, 0.5) is 14.5 Å². The van der Waals surface area contributed by atoms with Crippen LogP contribution in [-0.2, 0) is 17.9 Å². The number of hydrogen-bond acceptors (Lipinski definition) is 2. The van der Waals surface area contributed by atoms with Crippen LogP contribution in [0.5, 0.6) is 0 Å². The largest absolute Gasteiger partial charge is 0.381 e. The van der Waals surface area contributed by atoms with Crippen molar-refractivity contribution in [1.29, 1.82) is 0 Å². The molecule has 21 heavy (non-hydrogen) atoms. The van der Waals surface area contributed by atoms with Crippen LogP contribution in [0.15, 0.2) is 46.9 Å². The lowest BCUT2D eigenvalue weighted by Crippen LogP contribution is -2.04. The number of halogens is 3. The van der Waals surface area contributed by atoms with Crippen LogP contribution in [0.3, 0.4) is 0 Å². The number of benzene rings is 2. The molecule has 0 atom stereocenters. The lowest BCUT2D eigenvalue weighted by atomic mass is 10.1. The zero-order valence-electron chi connectivity index (χ0n) is 11.6. The summed E-state index contributed by atoms with van der Waals surface area (Å²) < 4.78 is 31.2. The van der Waals surface area contributed by atoms with E-state index in [1.807, 2.05) is 18.2 Å². The van der Waals surface area contributed by atoms with E-state index in [9.17, 15) is 8.78 Å². The van der Waals surface area contributed by atoms with Gasteiger partial charge in [0.05, 0.1) is 6.61 Å². The molecule has 2 aromatic rings. The van der Waals surface area contributed by atoms with E-state index in [4.69, 9.17) is 4.74 Å². The van der Waals surface area contributed by atoms with Crippen LogP contribution in [-0.4, -0.2) is 7.11 Å². The van der Waals surface area contributed by atoms with Gasteiger partial charge < -0.3 is 10.1 Å². The second-order valence-electron chi connectivity index (χ2n) is 4.59. The van der Waals surface area contributed by atoms with Gasteiger partial charge in [0, 0.05) is 34.9 Å². The van der Waals surface area contributed by atoms with Crippen molar-refractivity contribution in [1.82, 2.24) is 0 Å². The number of anilines is 1. The summed E-state index contributed by atoms with van der Waals surface area (Å²) in [7, 11) is 1.65. The first-order chi connectivity index (χ1) is 10.1. The maximum atomic E-state index is 12.5. The zero-order chi connectivity index (χ0) is 15.2. The Morgan fingerprint density at radius 2 is 1.86 bits per heavy atom. The SMILES string of the molecule is COCc1c(Br)cccc1NCc1ccc(C(F)F)cc1. The van der Waals surface area contributed by atoms with Crippen molar-refractivity contribution in [2.45, 2.75) is 19.6 Å². The molecule has 0 radical (unpaired) electrons. The second-order valence-corrected chi connectivity index (χ2v) is 5.45. The number of methoxy groups -OCH3 is 1. The Kier molecular flexibility index (Phi) is 5.70. The molecule has 0 aromatic heterocycles. The van der Waals surface area contributed by atoms with Gasteiger partial charge in [-0.3, -0.25) is 0 Å². The predicted molar refractivity (Wildman–Crippen MR) is 83.6 cm³/mol. The van der Waals surface area contributed by atoms with Crippen LogP contribution in [0.25, 0.3) is 0 Å². The third-order valence-electron chi connectivity index (χ3n) is 3.12. The molecule has 2 rings (SSSR count). The summed E-state index contributed by atoms with van der Waals surface area (Å²) in [4.78, 5) is 0. The van der Waals surface area contributed by atoms with Gasteiger partial charge >= 0.3 is 0 Å². The van der Waals surface area contributed by atoms with E-state index in [1.54, 1.807) is 19.2 Å². The highest BCUT2D eigenvalue weighted by Gasteiger charge is 2.08. The Morgan fingerprint density at radius 3 is 2.48 bits per heavy atom. The fraction of sp³-hybridized carbons (Fsp3) is 0.250. The minimum absolute atomic E-state index is 0.0428. The van der Waals surface area contributed by atoms with Gasteiger partial charge in [-0.1, -0.05) is 46.3 Å². The Bertz CT molecular complexity index is 587. The molecule has 2 aromatic carbocycles. The third kappa shape index (κ3) is 4.25. The molecule has 0 fully saturated rings. The van der Waals surface area contributed by atoms with Crippen LogP contribution in [0, 0.1) is 0 Å². The summed E-state index contributed by atoms with van der Waals surface area (Å²) in [5, 5.41) is 3.31. The lowest BCUT2D eigenvalue weighted by molar-refractivity contribution is 0.151. The minimum atomic E-state index is -2.43. The molecule has 0 heterocycles. The van der Waals surface area contributed by atoms with Crippen molar-refractivity contribution >= 4 is 21.6 Å². The molecule has 2 nitrogen and oxygen atoms in total. The number of ether oxygens (including phenoxy) is 1. The van der Waals surface area contributed by atoms with Gasteiger partial charge in [0.1, 0.15) is 0 Å². The Hall–Kier alpha value is -1.46. The molecule has 112 valence electrons. The summed E-state index contributed by atoms with van der Waals surface area (Å²) >= 11 is 3.50. The number of rotatable bonds is 6. The van der Waals surface area contributed by atoms with Crippen molar-refractivity contribution in [2.24, 2.45) is 0 Å². The first-order valence-electron chi connectivity index (χ1n) is 6.49. The molecule has 0 spiro atoms. The number of hydrogen-bond donors (Lipinski definition) is 1. The third-order valence-corrected chi connectivity index (χ3v) is 3.87. The van der Waals surface area contributed by atoms with Gasteiger partial charge in [-0.2, -0.15) is 0 Å². The molecule has 0 bridgehead atoms. The van der Waals surface area contributed by atoms with Gasteiger partial charge in [-0.25, -0.2) is 8.78 Å².